The van der Waals surface area contributed by atoms with E-state index >= 15 is 0 Å². The van der Waals surface area contributed by atoms with Crippen molar-refractivity contribution in [3.05, 3.63) is 60.2 Å². The van der Waals surface area contributed by atoms with Gasteiger partial charge in [0.05, 0.1) is 0 Å². The van der Waals surface area contributed by atoms with Gasteiger partial charge >= 0.3 is 6.03 Å². The molecule has 0 radical (unpaired) electrons. The van der Waals surface area contributed by atoms with Gasteiger partial charge in [-0.25, -0.2) is 4.79 Å². The average Bonchev–Trinajstić information content (AvgIpc) is 2.56. The van der Waals surface area contributed by atoms with E-state index in [1.165, 1.54) is 10.5 Å². The van der Waals surface area contributed by atoms with Crippen molar-refractivity contribution in [2.24, 2.45) is 0 Å². The lowest BCUT2D eigenvalue weighted by atomic mass is 10.1. The molecule has 0 fully saturated rings. The average molecular weight is 314 g/mol. The van der Waals surface area contributed by atoms with E-state index in [1.807, 2.05) is 36.6 Å². The van der Waals surface area contributed by atoms with Crippen LogP contribution >= 0.6 is 11.8 Å². The largest absolute Gasteiger partial charge is 0.338 e. The molecule has 0 atom stereocenters. The zero-order valence-corrected chi connectivity index (χ0v) is 13.7. The van der Waals surface area contributed by atoms with Crippen LogP contribution in [0.25, 0.3) is 0 Å². The Balaban J connectivity index is 1.61. The minimum atomic E-state index is -0.142. The van der Waals surface area contributed by atoms with Crippen molar-refractivity contribution in [1.82, 2.24) is 5.32 Å². The Bertz CT molecular complexity index is 569. The number of urea groups is 1. The van der Waals surface area contributed by atoms with Gasteiger partial charge in [-0.15, -0.1) is 11.8 Å². The summed E-state index contributed by atoms with van der Waals surface area (Å²) in [5, 5.41) is 5.73. The molecule has 2 aromatic carbocycles. The molecule has 0 aliphatic heterocycles. The number of hydrogen-bond acceptors (Lipinski definition) is 2. The highest BCUT2D eigenvalue weighted by molar-refractivity contribution is 7.98. The van der Waals surface area contributed by atoms with Crippen molar-refractivity contribution in [3.63, 3.8) is 0 Å². The van der Waals surface area contributed by atoms with E-state index < -0.39 is 0 Å². The van der Waals surface area contributed by atoms with Crippen LogP contribution in [0.2, 0.25) is 0 Å². The van der Waals surface area contributed by atoms with E-state index in [4.69, 9.17) is 0 Å². The molecular weight excluding hydrogens is 292 g/mol. The first-order chi connectivity index (χ1) is 10.8. The van der Waals surface area contributed by atoms with Crippen LogP contribution in [0.4, 0.5) is 10.5 Å². The van der Waals surface area contributed by atoms with Crippen LogP contribution in [-0.4, -0.2) is 18.8 Å². The van der Waals surface area contributed by atoms with Crippen LogP contribution < -0.4 is 10.6 Å². The quantitative estimate of drug-likeness (QED) is 0.581. The minimum Gasteiger partial charge on any atom is -0.338 e. The molecule has 4 heteroatoms. The second kappa shape index (κ2) is 9.15. The molecule has 0 heterocycles. The van der Waals surface area contributed by atoms with Crippen molar-refractivity contribution >= 4 is 23.5 Å². The first-order valence-electron chi connectivity index (χ1n) is 7.51. The third kappa shape index (κ3) is 5.82. The molecule has 0 bridgehead atoms. The zero-order valence-electron chi connectivity index (χ0n) is 12.8. The summed E-state index contributed by atoms with van der Waals surface area (Å²) in [5.41, 5.74) is 2.17. The SMILES string of the molecule is CSc1ccc(NC(=O)NCCCCc2ccccc2)cc1. The maximum atomic E-state index is 11.8. The highest BCUT2D eigenvalue weighted by Gasteiger charge is 2.01. The van der Waals surface area contributed by atoms with E-state index in [2.05, 4.69) is 34.9 Å². The van der Waals surface area contributed by atoms with Crippen molar-refractivity contribution in [3.8, 4) is 0 Å². The fraction of sp³-hybridized carbons (Fsp3) is 0.278. The maximum Gasteiger partial charge on any atom is 0.319 e. The molecule has 0 saturated heterocycles. The number of carbonyl (C=O) groups excluding carboxylic acids is 1. The fourth-order valence-electron chi connectivity index (χ4n) is 2.15. The highest BCUT2D eigenvalue weighted by atomic mass is 32.2. The van der Waals surface area contributed by atoms with Crippen LogP contribution in [0.15, 0.2) is 59.5 Å². The Morgan fingerprint density at radius 2 is 1.73 bits per heavy atom. The third-order valence-electron chi connectivity index (χ3n) is 3.37. The predicted molar refractivity (Wildman–Crippen MR) is 94.6 cm³/mol. The number of hydrogen-bond donors (Lipinski definition) is 2. The standard InChI is InChI=1S/C18H22N2OS/c1-22-17-12-10-16(11-13-17)20-18(21)19-14-6-5-9-15-7-3-2-4-8-15/h2-4,7-8,10-13H,5-6,9,14H2,1H3,(H2,19,20,21). The van der Waals surface area contributed by atoms with Gasteiger partial charge in [0.15, 0.2) is 0 Å². The summed E-state index contributed by atoms with van der Waals surface area (Å²) >= 11 is 1.69. The number of rotatable bonds is 7. The number of nitrogens with one attached hydrogen (secondary N) is 2. The second-order valence-corrected chi connectivity index (χ2v) is 5.93. The maximum absolute atomic E-state index is 11.8. The molecule has 2 amide bonds. The summed E-state index contributed by atoms with van der Waals surface area (Å²) in [6.07, 6.45) is 5.14. The molecule has 2 N–H and O–H groups in total. The van der Waals surface area contributed by atoms with Gasteiger partial charge in [0.25, 0.3) is 0 Å². The lowest BCUT2D eigenvalue weighted by molar-refractivity contribution is 0.252. The van der Waals surface area contributed by atoms with Gasteiger partial charge in [-0.05, 0) is 55.3 Å². The molecule has 116 valence electrons. The lowest BCUT2D eigenvalue weighted by Crippen LogP contribution is -2.29. The lowest BCUT2D eigenvalue weighted by Gasteiger charge is -2.08. The Kier molecular flexibility index (Phi) is 6.84. The van der Waals surface area contributed by atoms with Crippen LogP contribution in [0.3, 0.4) is 0 Å². The molecule has 0 aliphatic rings. The van der Waals surface area contributed by atoms with Gasteiger partial charge in [-0.2, -0.15) is 0 Å². The Morgan fingerprint density at radius 3 is 2.41 bits per heavy atom. The molecule has 3 nitrogen and oxygen atoms in total. The number of amides is 2. The Morgan fingerprint density at radius 1 is 1.00 bits per heavy atom. The van der Waals surface area contributed by atoms with Crippen molar-refractivity contribution in [2.75, 3.05) is 18.1 Å². The number of thioether (sulfide) groups is 1. The molecule has 0 aliphatic carbocycles. The predicted octanol–water partition coefficient (Wildman–Crippen LogP) is 4.55. The van der Waals surface area contributed by atoms with Crippen LogP contribution in [0.1, 0.15) is 18.4 Å². The Labute approximate surface area is 136 Å². The summed E-state index contributed by atoms with van der Waals surface area (Å²) < 4.78 is 0. The van der Waals surface area contributed by atoms with Gasteiger partial charge in [0, 0.05) is 17.1 Å². The normalized spacial score (nSPS) is 10.2. The van der Waals surface area contributed by atoms with E-state index in [-0.39, 0.29) is 6.03 Å². The summed E-state index contributed by atoms with van der Waals surface area (Å²) in [5.74, 6) is 0. The Hall–Kier alpha value is -1.94. The molecule has 22 heavy (non-hydrogen) atoms. The van der Waals surface area contributed by atoms with E-state index in [1.54, 1.807) is 11.8 Å². The zero-order chi connectivity index (χ0) is 15.6. The van der Waals surface area contributed by atoms with E-state index in [0.29, 0.717) is 6.54 Å². The van der Waals surface area contributed by atoms with Crippen LogP contribution in [0, 0.1) is 0 Å². The van der Waals surface area contributed by atoms with Gasteiger partial charge in [0.2, 0.25) is 0 Å². The van der Waals surface area contributed by atoms with Gasteiger partial charge in [-0.3, -0.25) is 0 Å². The van der Waals surface area contributed by atoms with Crippen molar-refractivity contribution < 1.29 is 4.79 Å². The smallest absolute Gasteiger partial charge is 0.319 e. The number of anilines is 1. The molecule has 0 aromatic heterocycles. The monoisotopic (exact) mass is 314 g/mol. The first kappa shape index (κ1) is 16.4. The van der Waals surface area contributed by atoms with Gasteiger partial charge in [0.1, 0.15) is 0 Å². The second-order valence-electron chi connectivity index (χ2n) is 5.05. The number of aryl methyl sites for hydroxylation is 1. The highest BCUT2D eigenvalue weighted by Crippen LogP contribution is 2.17. The van der Waals surface area contributed by atoms with Crippen molar-refractivity contribution in [1.29, 1.82) is 0 Å². The molecule has 0 unspecified atom stereocenters. The number of unbranched alkanes of at least 4 members (excludes halogenated alkanes) is 1. The molecule has 0 saturated carbocycles. The molecule has 2 aromatic rings. The molecular formula is C18H22N2OS. The number of benzene rings is 2. The fourth-order valence-corrected chi connectivity index (χ4v) is 2.56. The molecule has 2 rings (SSSR count). The number of carbonyl (C=O) groups is 1. The van der Waals surface area contributed by atoms with Crippen molar-refractivity contribution in [2.45, 2.75) is 24.2 Å². The van der Waals surface area contributed by atoms with Gasteiger partial charge < -0.3 is 10.6 Å². The van der Waals surface area contributed by atoms with Crippen LogP contribution in [0.5, 0.6) is 0 Å². The van der Waals surface area contributed by atoms with Crippen LogP contribution in [-0.2, 0) is 6.42 Å². The third-order valence-corrected chi connectivity index (χ3v) is 4.11. The minimum absolute atomic E-state index is 0.142. The first-order valence-corrected chi connectivity index (χ1v) is 8.73. The summed E-state index contributed by atoms with van der Waals surface area (Å²) in [6, 6.07) is 18.1. The topological polar surface area (TPSA) is 41.1 Å². The summed E-state index contributed by atoms with van der Waals surface area (Å²) in [7, 11) is 0. The summed E-state index contributed by atoms with van der Waals surface area (Å²) in [4.78, 5) is 13.0. The van der Waals surface area contributed by atoms with E-state index in [0.717, 1.165) is 24.9 Å². The summed E-state index contributed by atoms with van der Waals surface area (Å²) in [6.45, 7) is 0.696. The van der Waals surface area contributed by atoms with E-state index in [9.17, 15) is 4.79 Å². The molecule has 0 spiro atoms. The van der Waals surface area contributed by atoms with Gasteiger partial charge in [-0.1, -0.05) is 30.3 Å².